The summed E-state index contributed by atoms with van der Waals surface area (Å²) in [5.41, 5.74) is 1.49. The average molecular weight is 267 g/mol. The van der Waals surface area contributed by atoms with E-state index >= 15 is 0 Å². The molecule has 2 rings (SSSR count). The molecule has 0 aliphatic carbocycles. The van der Waals surface area contributed by atoms with Crippen molar-refractivity contribution in [3.63, 3.8) is 0 Å². The Kier molecular flexibility index (Phi) is 5.50. The van der Waals surface area contributed by atoms with E-state index in [4.69, 9.17) is 9.84 Å². The Balaban J connectivity index is 1.77. The summed E-state index contributed by atoms with van der Waals surface area (Å²) in [6.45, 7) is 3.24. The van der Waals surface area contributed by atoms with Crippen molar-refractivity contribution < 1.29 is 9.84 Å². The summed E-state index contributed by atoms with van der Waals surface area (Å²) in [5.74, 6) is 1.82. The van der Waals surface area contributed by atoms with Crippen molar-refractivity contribution in [2.75, 3.05) is 45.7 Å². The minimum atomic E-state index is 0.107. The first-order valence-corrected chi connectivity index (χ1v) is 7.38. The van der Waals surface area contributed by atoms with Crippen LogP contribution in [-0.2, 0) is 4.74 Å². The van der Waals surface area contributed by atoms with Crippen molar-refractivity contribution in [2.45, 2.75) is 10.8 Å². The standard InChI is InChI=1S/C14H21NO2S/c1-15(6-8-17-9-7-16)10-12-11-18-14-5-3-2-4-13(12)14/h2-5,12,16H,6-11H2,1H3. The number of benzene rings is 1. The normalized spacial score (nSPS) is 18.3. The molecule has 1 heterocycles. The van der Waals surface area contributed by atoms with Crippen LogP contribution in [-0.4, -0.2) is 55.7 Å². The molecule has 1 atom stereocenters. The van der Waals surface area contributed by atoms with E-state index in [-0.39, 0.29) is 6.61 Å². The molecule has 1 aromatic carbocycles. The number of hydrogen-bond donors (Lipinski definition) is 1. The summed E-state index contributed by atoms with van der Waals surface area (Å²) < 4.78 is 5.29. The second-order valence-corrected chi connectivity index (χ2v) is 5.71. The molecule has 0 fully saturated rings. The lowest BCUT2D eigenvalue weighted by Gasteiger charge is -2.21. The number of thioether (sulfide) groups is 1. The number of aliphatic hydroxyl groups excluding tert-OH is 1. The predicted octanol–water partition coefficient (Wildman–Crippen LogP) is 1.82. The van der Waals surface area contributed by atoms with Crippen LogP contribution >= 0.6 is 11.8 Å². The lowest BCUT2D eigenvalue weighted by Crippen LogP contribution is -2.28. The molecule has 18 heavy (non-hydrogen) atoms. The van der Waals surface area contributed by atoms with Crippen molar-refractivity contribution in [3.8, 4) is 0 Å². The molecular formula is C14H21NO2S. The molecule has 1 unspecified atom stereocenters. The third-order valence-corrected chi connectivity index (χ3v) is 4.44. The highest BCUT2D eigenvalue weighted by Gasteiger charge is 2.23. The molecule has 0 spiro atoms. The molecule has 1 aliphatic rings. The Morgan fingerprint density at radius 1 is 1.39 bits per heavy atom. The Bertz CT molecular complexity index is 373. The first-order chi connectivity index (χ1) is 8.81. The highest BCUT2D eigenvalue weighted by atomic mass is 32.2. The number of ether oxygens (including phenoxy) is 1. The van der Waals surface area contributed by atoms with Crippen molar-refractivity contribution >= 4 is 11.8 Å². The summed E-state index contributed by atoms with van der Waals surface area (Å²) in [5, 5.41) is 8.63. The van der Waals surface area contributed by atoms with Gasteiger partial charge in [-0.25, -0.2) is 0 Å². The Labute approximate surface area is 113 Å². The van der Waals surface area contributed by atoms with E-state index in [1.165, 1.54) is 16.2 Å². The number of fused-ring (bicyclic) bond motifs is 1. The van der Waals surface area contributed by atoms with E-state index < -0.39 is 0 Å². The van der Waals surface area contributed by atoms with Crippen LogP contribution in [0, 0.1) is 0 Å². The fourth-order valence-electron chi connectivity index (χ4n) is 2.23. The largest absolute Gasteiger partial charge is 0.394 e. The highest BCUT2D eigenvalue weighted by Crippen LogP contribution is 2.39. The number of nitrogens with zero attached hydrogens (tertiary/aromatic N) is 1. The van der Waals surface area contributed by atoms with E-state index in [0.717, 1.165) is 13.1 Å². The number of hydrogen-bond acceptors (Lipinski definition) is 4. The maximum atomic E-state index is 8.63. The fourth-order valence-corrected chi connectivity index (χ4v) is 3.48. The van der Waals surface area contributed by atoms with Crippen LogP contribution in [0.25, 0.3) is 0 Å². The minimum absolute atomic E-state index is 0.107. The van der Waals surface area contributed by atoms with Crippen LogP contribution < -0.4 is 0 Å². The lowest BCUT2D eigenvalue weighted by atomic mass is 10.0. The van der Waals surface area contributed by atoms with Crippen molar-refractivity contribution in [1.29, 1.82) is 0 Å². The van der Waals surface area contributed by atoms with Gasteiger partial charge in [-0.2, -0.15) is 0 Å². The summed E-state index contributed by atoms with van der Waals surface area (Å²) >= 11 is 1.96. The van der Waals surface area contributed by atoms with Crippen LogP contribution in [0.4, 0.5) is 0 Å². The second kappa shape index (κ2) is 7.14. The third-order valence-electron chi connectivity index (χ3n) is 3.18. The van der Waals surface area contributed by atoms with Crippen molar-refractivity contribution in [3.05, 3.63) is 29.8 Å². The van der Waals surface area contributed by atoms with Gasteiger partial charge in [0.1, 0.15) is 0 Å². The van der Waals surface area contributed by atoms with Gasteiger partial charge in [0.05, 0.1) is 19.8 Å². The zero-order valence-corrected chi connectivity index (χ0v) is 11.7. The average Bonchev–Trinajstić information content (AvgIpc) is 2.78. The molecule has 4 heteroatoms. The van der Waals surface area contributed by atoms with Gasteiger partial charge in [0, 0.05) is 29.7 Å². The van der Waals surface area contributed by atoms with Gasteiger partial charge in [-0.05, 0) is 18.7 Å². The lowest BCUT2D eigenvalue weighted by molar-refractivity contribution is 0.0777. The van der Waals surface area contributed by atoms with Gasteiger partial charge < -0.3 is 14.7 Å². The van der Waals surface area contributed by atoms with E-state index in [1.807, 2.05) is 11.8 Å². The molecule has 0 aromatic heterocycles. The molecule has 0 saturated carbocycles. The molecular weight excluding hydrogens is 246 g/mol. The first kappa shape index (κ1) is 13.9. The van der Waals surface area contributed by atoms with Gasteiger partial charge in [-0.3, -0.25) is 0 Å². The zero-order chi connectivity index (χ0) is 12.8. The smallest absolute Gasteiger partial charge is 0.0698 e. The van der Waals surface area contributed by atoms with Crippen LogP contribution in [0.15, 0.2) is 29.2 Å². The van der Waals surface area contributed by atoms with Crippen LogP contribution in [0.2, 0.25) is 0 Å². The van der Waals surface area contributed by atoms with Crippen LogP contribution in [0.1, 0.15) is 11.5 Å². The van der Waals surface area contributed by atoms with Gasteiger partial charge >= 0.3 is 0 Å². The van der Waals surface area contributed by atoms with E-state index in [9.17, 15) is 0 Å². The SMILES string of the molecule is CN(CCOCCO)CC1CSc2ccccc21. The fraction of sp³-hybridized carbons (Fsp3) is 0.571. The van der Waals surface area contributed by atoms with Crippen molar-refractivity contribution in [2.24, 2.45) is 0 Å². The first-order valence-electron chi connectivity index (χ1n) is 6.40. The Morgan fingerprint density at radius 3 is 3.06 bits per heavy atom. The number of rotatable bonds is 7. The third kappa shape index (κ3) is 3.72. The molecule has 0 saturated heterocycles. The molecule has 1 aliphatic heterocycles. The Morgan fingerprint density at radius 2 is 2.22 bits per heavy atom. The van der Waals surface area contributed by atoms with Crippen LogP contribution in [0.3, 0.4) is 0 Å². The summed E-state index contributed by atoms with van der Waals surface area (Å²) in [6, 6.07) is 8.70. The topological polar surface area (TPSA) is 32.7 Å². The molecule has 3 nitrogen and oxygen atoms in total. The highest BCUT2D eigenvalue weighted by molar-refractivity contribution is 7.99. The predicted molar refractivity (Wildman–Crippen MR) is 75.3 cm³/mol. The Hall–Kier alpha value is -0.550. The number of aliphatic hydroxyl groups is 1. The number of likely N-dealkylation sites (N-methyl/N-ethyl adjacent to an activating group) is 1. The molecule has 100 valence electrons. The molecule has 0 radical (unpaired) electrons. The van der Waals surface area contributed by atoms with E-state index in [2.05, 4.69) is 36.2 Å². The second-order valence-electron chi connectivity index (χ2n) is 4.64. The summed E-state index contributed by atoms with van der Waals surface area (Å²) in [6.07, 6.45) is 0. The van der Waals surface area contributed by atoms with E-state index in [0.29, 0.717) is 19.1 Å². The van der Waals surface area contributed by atoms with Gasteiger partial charge in [-0.1, -0.05) is 18.2 Å². The van der Waals surface area contributed by atoms with Gasteiger partial charge in [0.25, 0.3) is 0 Å². The maximum Gasteiger partial charge on any atom is 0.0698 e. The summed E-state index contributed by atoms with van der Waals surface area (Å²) in [4.78, 5) is 3.75. The van der Waals surface area contributed by atoms with Gasteiger partial charge in [-0.15, -0.1) is 11.8 Å². The van der Waals surface area contributed by atoms with Gasteiger partial charge in [0.2, 0.25) is 0 Å². The molecule has 1 N–H and O–H groups in total. The summed E-state index contributed by atoms with van der Waals surface area (Å²) in [7, 11) is 2.13. The monoisotopic (exact) mass is 267 g/mol. The van der Waals surface area contributed by atoms with Gasteiger partial charge in [0.15, 0.2) is 0 Å². The van der Waals surface area contributed by atoms with Crippen LogP contribution in [0.5, 0.6) is 0 Å². The minimum Gasteiger partial charge on any atom is -0.394 e. The van der Waals surface area contributed by atoms with E-state index in [1.54, 1.807) is 0 Å². The maximum absolute atomic E-state index is 8.63. The van der Waals surface area contributed by atoms with Crippen molar-refractivity contribution in [1.82, 2.24) is 4.90 Å². The molecule has 1 aromatic rings. The molecule has 0 amide bonds. The molecule has 0 bridgehead atoms. The zero-order valence-electron chi connectivity index (χ0n) is 10.8. The quantitative estimate of drug-likeness (QED) is 0.764.